The van der Waals surface area contributed by atoms with Gasteiger partial charge in [0, 0.05) is 19.3 Å². The summed E-state index contributed by atoms with van der Waals surface area (Å²) in [5.74, 6) is 0.804. The molecule has 29 heavy (non-hydrogen) atoms. The van der Waals surface area contributed by atoms with Crippen LogP contribution in [0.3, 0.4) is 0 Å². The number of benzene rings is 2. The minimum Gasteiger partial charge on any atom is -0.374 e. The van der Waals surface area contributed by atoms with Gasteiger partial charge in [-0.2, -0.15) is 5.10 Å². The van der Waals surface area contributed by atoms with Crippen molar-refractivity contribution in [2.75, 3.05) is 6.61 Å². The maximum atomic E-state index is 5.81. The van der Waals surface area contributed by atoms with Crippen LogP contribution in [0.25, 0.3) is 16.7 Å². The second-order valence-electron chi connectivity index (χ2n) is 6.92. The van der Waals surface area contributed by atoms with Crippen molar-refractivity contribution < 1.29 is 9.47 Å². The smallest absolute Gasteiger partial charge is 0.152 e. The molecule has 0 aliphatic rings. The molecule has 2 aromatic heterocycles. The first-order valence-corrected chi connectivity index (χ1v) is 9.74. The highest BCUT2D eigenvalue weighted by Gasteiger charge is 2.10. The SMILES string of the molecule is CCOC(C)c1ccc2c(c1)ncn2-c1cccc(COCc2ncnn2C)c1. The van der Waals surface area contributed by atoms with Crippen LogP contribution in [0.5, 0.6) is 0 Å². The molecule has 0 radical (unpaired) electrons. The van der Waals surface area contributed by atoms with E-state index >= 15 is 0 Å². The second kappa shape index (κ2) is 8.55. The summed E-state index contributed by atoms with van der Waals surface area (Å²) in [4.78, 5) is 8.77. The van der Waals surface area contributed by atoms with E-state index in [0.29, 0.717) is 19.8 Å². The molecular weight excluding hydrogens is 366 g/mol. The van der Waals surface area contributed by atoms with Crippen LogP contribution in [0.4, 0.5) is 0 Å². The number of imidazole rings is 1. The molecule has 0 amide bonds. The van der Waals surface area contributed by atoms with E-state index in [4.69, 9.17) is 9.47 Å². The van der Waals surface area contributed by atoms with Gasteiger partial charge in [0.05, 0.1) is 23.7 Å². The summed E-state index contributed by atoms with van der Waals surface area (Å²) in [7, 11) is 1.86. The molecule has 0 aliphatic carbocycles. The molecule has 0 spiro atoms. The van der Waals surface area contributed by atoms with Gasteiger partial charge in [-0.3, -0.25) is 9.25 Å². The van der Waals surface area contributed by atoms with Gasteiger partial charge in [-0.1, -0.05) is 18.2 Å². The molecule has 0 N–H and O–H groups in total. The van der Waals surface area contributed by atoms with Crippen molar-refractivity contribution >= 4 is 11.0 Å². The molecule has 0 aliphatic heterocycles. The number of hydrogen-bond acceptors (Lipinski definition) is 5. The molecule has 4 rings (SSSR count). The Morgan fingerprint density at radius 1 is 1.07 bits per heavy atom. The molecule has 2 aromatic carbocycles. The van der Waals surface area contributed by atoms with Gasteiger partial charge in [-0.05, 0) is 49.2 Å². The Morgan fingerprint density at radius 2 is 1.97 bits per heavy atom. The molecule has 4 aromatic rings. The normalized spacial score (nSPS) is 12.5. The zero-order valence-electron chi connectivity index (χ0n) is 16.9. The van der Waals surface area contributed by atoms with Gasteiger partial charge >= 0.3 is 0 Å². The summed E-state index contributed by atoms with van der Waals surface area (Å²) < 4.78 is 15.3. The summed E-state index contributed by atoms with van der Waals surface area (Å²) in [6.07, 6.45) is 3.45. The van der Waals surface area contributed by atoms with Crippen molar-refractivity contribution in [2.45, 2.75) is 33.2 Å². The first-order valence-electron chi connectivity index (χ1n) is 9.74. The third kappa shape index (κ3) is 4.21. The fraction of sp³-hybridized carbons (Fsp3) is 0.318. The molecule has 0 saturated heterocycles. The van der Waals surface area contributed by atoms with Crippen molar-refractivity contribution in [2.24, 2.45) is 7.05 Å². The standard InChI is InChI=1S/C22H25N5O2/c1-4-29-16(2)18-8-9-21-20(11-18)24-15-27(21)19-7-5-6-17(10-19)12-28-13-22-23-14-25-26(22)3/h5-11,14-16H,4,12-13H2,1-3H3. The van der Waals surface area contributed by atoms with Gasteiger partial charge in [0.25, 0.3) is 0 Å². The number of hydrogen-bond donors (Lipinski definition) is 0. The van der Waals surface area contributed by atoms with E-state index in [1.807, 2.05) is 26.4 Å². The lowest BCUT2D eigenvalue weighted by atomic mass is 10.1. The van der Waals surface area contributed by atoms with Crippen molar-refractivity contribution in [3.63, 3.8) is 0 Å². The molecule has 0 fully saturated rings. The van der Waals surface area contributed by atoms with Crippen LogP contribution in [0.2, 0.25) is 0 Å². The van der Waals surface area contributed by atoms with Crippen LogP contribution >= 0.6 is 0 Å². The summed E-state index contributed by atoms with van der Waals surface area (Å²) >= 11 is 0. The van der Waals surface area contributed by atoms with E-state index in [9.17, 15) is 0 Å². The molecule has 0 saturated carbocycles. The van der Waals surface area contributed by atoms with Crippen molar-refractivity contribution in [1.29, 1.82) is 0 Å². The zero-order valence-corrected chi connectivity index (χ0v) is 16.9. The summed E-state index contributed by atoms with van der Waals surface area (Å²) in [6, 6.07) is 14.6. The lowest BCUT2D eigenvalue weighted by Gasteiger charge is -2.12. The van der Waals surface area contributed by atoms with Crippen molar-refractivity contribution in [3.05, 3.63) is 72.1 Å². The van der Waals surface area contributed by atoms with Crippen LogP contribution < -0.4 is 0 Å². The van der Waals surface area contributed by atoms with E-state index < -0.39 is 0 Å². The van der Waals surface area contributed by atoms with Gasteiger partial charge in [0.15, 0.2) is 5.82 Å². The maximum Gasteiger partial charge on any atom is 0.152 e. The Morgan fingerprint density at radius 3 is 2.76 bits per heavy atom. The first kappa shape index (κ1) is 19.3. The molecule has 0 bridgehead atoms. The molecule has 1 atom stereocenters. The molecule has 1 unspecified atom stereocenters. The van der Waals surface area contributed by atoms with Gasteiger partial charge in [0.2, 0.25) is 0 Å². The quantitative estimate of drug-likeness (QED) is 0.455. The number of rotatable bonds is 8. The number of aromatic nitrogens is 5. The van der Waals surface area contributed by atoms with E-state index in [2.05, 4.69) is 63.0 Å². The van der Waals surface area contributed by atoms with E-state index in [1.165, 1.54) is 6.33 Å². The van der Waals surface area contributed by atoms with Crippen LogP contribution in [-0.4, -0.2) is 30.9 Å². The predicted octanol–water partition coefficient (Wildman–Crippen LogP) is 3.97. The first-order chi connectivity index (χ1) is 14.2. The van der Waals surface area contributed by atoms with Gasteiger partial charge in [-0.25, -0.2) is 9.97 Å². The maximum absolute atomic E-state index is 5.81. The Balaban J connectivity index is 1.51. The topological polar surface area (TPSA) is 67.0 Å². The highest BCUT2D eigenvalue weighted by Crippen LogP contribution is 2.24. The minimum atomic E-state index is 0.0592. The van der Waals surface area contributed by atoms with Crippen LogP contribution in [0, 0.1) is 0 Å². The van der Waals surface area contributed by atoms with Crippen molar-refractivity contribution in [3.8, 4) is 5.69 Å². The lowest BCUT2D eigenvalue weighted by Crippen LogP contribution is -2.03. The molecule has 7 nitrogen and oxygen atoms in total. The average molecular weight is 391 g/mol. The largest absolute Gasteiger partial charge is 0.374 e. The second-order valence-corrected chi connectivity index (χ2v) is 6.92. The zero-order chi connectivity index (χ0) is 20.2. The Bertz CT molecular complexity index is 1100. The molecule has 150 valence electrons. The summed E-state index contributed by atoms with van der Waals surface area (Å²) in [5.41, 5.74) is 5.30. The number of aryl methyl sites for hydroxylation is 1. The Hall–Kier alpha value is -3.03. The minimum absolute atomic E-state index is 0.0592. The highest BCUT2D eigenvalue weighted by atomic mass is 16.5. The molecular formula is C22H25N5O2. The van der Waals surface area contributed by atoms with E-state index in [1.54, 1.807) is 4.68 Å². The Kier molecular flexibility index (Phi) is 5.69. The number of nitrogens with zero attached hydrogens (tertiary/aromatic N) is 5. The van der Waals surface area contributed by atoms with Gasteiger partial charge in [0.1, 0.15) is 19.3 Å². The average Bonchev–Trinajstić information content (AvgIpc) is 3.34. The van der Waals surface area contributed by atoms with Crippen LogP contribution in [0.1, 0.15) is 36.9 Å². The third-order valence-corrected chi connectivity index (χ3v) is 4.95. The molecule has 2 heterocycles. The monoisotopic (exact) mass is 391 g/mol. The third-order valence-electron chi connectivity index (χ3n) is 4.95. The predicted molar refractivity (Wildman–Crippen MR) is 111 cm³/mol. The van der Waals surface area contributed by atoms with E-state index in [-0.39, 0.29) is 6.10 Å². The van der Waals surface area contributed by atoms with Gasteiger partial charge < -0.3 is 9.47 Å². The fourth-order valence-electron chi connectivity index (χ4n) is 3.34. The van der Waals surface area contributed by atoms with Crippen molar-refractivity contribution in [1.82, 2.24) is 24.3 Å². The van der Waals surface area contributed by atoms with Gasteiger partial charge in [-0.15, -0.1) is 0 Å². The summed E-state index contributed by atoms with van der Waals surface area (Å²) in [6.45, 7) is 5.69. The number of ether oxygens (including phenoxy) is 2. The van der Waals surface area contributed by atoms with Crippen LogP contribution in [0.15, 0.2) is 55.1 Å². The Labute approximate surface area is 169 Å². The van der Waals surface area contributed by atoms with E-state index in [0.717, 1.165) is 33.7 Å². The molecule has 7 heteroatoms. The van der Waals surface area contributed by atoms with Crippen LogP contribution in [-0.2, 0) is 29.7 Å². The summed E-state index contributed by atoms with van der Waals surface area (Å²) in [5, 5.41) is 4.05. The lowest BCUT2D eigenvalue weighted by molar-refractivity contribution is 0.0765. The highest BCUT2D eigenvalue weighted by molar-refractivity contribution is 5.78. The number of fused-ring (bicyclic) bond motifs is 1. The fourth-order valence-corrected chi connectivity index (χ4v) is 3.34.